The summed E-state index contributed by atoms with van der Waals surface area (Å²) in [6.45, 7) is 3.94. The first-order valence-corrected chi connectivity index (χ1v) is 14.1. The largest absolute Gasteiger partial charge is 0.493 e. The van der Waals surface area contributed by atoms with Gasteiger partial charge in [-0.25, -0.2) is 4.79 Å². The van der Waals surface area contributed by atoms with Crippen LogP contribution in [0.5, 0.6) is 5.75 Å². The van der Waals surface area contributed by atoms with Crippen LogP contribution in [0.2, 0.25) is 10.0 Å². The molecule has 216 valence electrons. The van der Waals surface area contributed by atoms with Gasteiger partial charge in [-0.15, -0.1) is 0 Å². The molecule has 2 amide bonds. The summed E-state index contributed by atoms with van der Waals surface area (Å²) >= 11 is 12.4. The number of hydrogen-bond donors (Lipinski definition) is 2. The van der Waals surface area contributed by atoms with Gasteiger partial charge in [0.15, 0.2) is 0 Å². The number of alkyl halides is 3. The van der Waals surface area contributed by atoms with Gasteiger partial charge in [0.05, 0.1) is 23.8 Å². The van der Waals surface area contributed by atoms with Crippen LogP contribution in [0.15, 0.2) is 71.7 Å². The molecule has 41 heavy (non-hydrogen) atoms. The van der Waals surface area contributed by atoms with Gasteiger partial charge in [0.1, 0.15) is 17.6 Å². The zero-order chi connectivity index (χ0) is 29.1. The Hall–Kier alpha value is -3.27. The zero-order valence-electron chi connectivity index (χ0n) is 22.2. The third-order valence-electron chi connectivity index (χ3n) is 7.26. The lowest BCUT2D eigenvalue weighted by Crippen LogP contribution is -2.45. The van der Waals surface area contributed by atoms with E-state index in [9.17, 15) is 18.0 Å². The van der Waals surface area contributed by atoms with Crippen molar-refractivity contribution in [3.8, 4) is 5.75 Å². The molecule has 2 heterocycles. The van der Waals surface area contributed by atoms with Crippen LogP contribution in [0, 0.1) is 5.92 Å². The molecule has 0 saturated carbocycles. The fourth-order valence-electron chi connectivity index (χ4n) is 5.23. The molecule has 0 aromatic heterocycles. The van der Waals surface area contributed by atoms with E-state index in [4.69, 9.17) is 32.9 Å². The fourth-order valence-corrected chi connectivity index (χ4v) is 5.48. The van der Waals surface area contributed by atoms with Gasteiger partial charge in [0.25, 0.3) is 0 Å². The molecule has 1 saturated heterocycles. The molecule has 3 aromatic carbocycles. The molecule has 2 aliphatic rings. The highest BCUT2D eigenvalue weighted by Crippen LogP contribution is 2.45. The lowest BCUT2D eigenvalue weighted by Gasteiger charge is -2.30. The zero-order valence-corrected chi connectivity index (χ0v) is 23.7. The third kappa shape index (κ3) is 6.47. The summed E-state index contributed by atoms with van der Waals surface area (Å²) in [6, 6.07) is 15.9. The van der Waals surface area contributed by atoms with Crippen molar-refractivity contribution in [2.24, 2.45) is 10.9 Å². The Bertz CT molecular complexity index is 1410. The maximum Gasteiger partial charge on any atom is 0.416 e. The van der Waals surface area contributed by atoms with Crippen LogP contribution >= 0.6 is 23.2 Å². The van der Waals surface area contributed by atoms with E-state index in [1.54, 1.807) is 31.2 Å². The Morgan fingerprint density at radius 2 is 1.71 bits per heavy atom. The molecule has 0 aliphatic carbocycles. The summed E-state index contributed by atoms with van der Waals surface area (Å²) in [6.07, 6.45) is -3.63. The molecule has 5 rings (SSSR count). The van der Waals surface area contributed by atoms with E-state index in [0.717, 1.165) is 42.8 Å². The molecular weight excluding hydrogens is 576 g/mol. The monoisotopic (exact) mass is 604 g/mol. The maximum absolute atomic E-state index is 14.0. The van der Waals surface area contributed by atoms with Crippen LogP contribution in [0.4, 0.5) is 18.0 Å². The highest BCUT2D eigenvalue weighted by atomic mass is 35.5. The van der Waals surface area contributed by atoms with Gasteiger partial charge in [0, 0.05) is 16.6 Å². The number of nitrogens with one attached hydrogen (secondary N) is 2. The smallest absolute Gasteiger partial charge is 0.416 e. The van der Waals surface area contributed by atoms with E-state index in [-0.39, 0.29) is 29.7 Å². The summed E-state index contributed by atoms with van der Waals surface area (Å²) < 4.78 is 46.5. The quantitative estimate of drug-likeness (QED) is 0.298. The highest BCUT2D eigenvalue weighted by molar-refractivity contribution is 6.30. The predicted octanol–water partition coefficient (Wildman–Crippen LogP) is 7.27. The lowest BCUT2D eigenvalue weighted by molar-refractivity contribution is -0.137. The predicted molar refractivity (Wildman–Crippen MR) is 154 cm³/mol. The number of halogens is 5. The molecule has 0 bridgehead atoms. The van der Waals surface area contributed by atoms with Crippen LogP contribution in [0.25, 0.3) is 0 Å². The molecule has 2 N–H and O–H groups in total. The van der Waals surface area contributed by atoms with Crippen LogP contribution in [-0.2, 0) is 6.18 Å². The molecule has 3 aromatic rings. The molecule has 11 heteroatoms. The standard InChI is InChI=1S/C30H29Cl2F3N4O2/c1-2-41-25-15-21(30(33,34)35)7-12-24(25)28-38-26(19-3-8-22(31)9-4-19)27(20-5-10-23(32)11-6-20)39(28)29(40)37-17-18-13-14-36-16-18/h3-12,15,18,26-27,36H,2,13-14,16-17H2,1H3,(H,37,40). The lowest BCUT2D eigenvalue weighted by atomic mass is 9.93. The van der Waals surface area contributed by atoms with E-state index in [0.29, 0.717) is 16.6 Å². The molecule has 0 radical (unpaired) electrons. The number of hydrogen-bond acceptors (Lipinski definition) is 4. The number of urea groups is 1. The second kappa shape index (κ2) is 12.3. The number of benzene rings is 3. The minimum absolute atomic E-state index is 0.00881. The van der Waals surface area contributed by atoms with Crippen molar-refractivity contribution in [1.82, 2.24) is 15.5 Å². The van der Waals surface area contributed by atoms with Crippen LogP contribution < -0.4 is 15.4 Å². The molecule has 0 spiro atoms. The summed E-state index contributed by atoms with van der Waals surface area (Å²) in [5.74, 6) is 0.475. The van der Waals surface area contributed by atoms with Crippen molar-refractivity contribution < 1.29 is 22.7 Å². The molecule has 3 unspecified atom stereocenters. The van der Waals surface area contributed by atoms with Gasteiger partial charge in [-0.05, 0) is 85.9 Å². The Morgan fingerprint density at radius 3 is 2.29 bits per heavy atom. The number of amides is 2. The second-order valence-electron chi connectivity index (χ2n) is 10.0. The number of aliphatic imine (C=N–C) groups is 1. The summed E-state index contributed by atoms with van der Waals surface area (Å²) in [5, 5.41) is 7.41. The Labute approximate surface area is 246 Å². The van der Waals surface area contributed by atoms with E-state index in [1.165, 1.54) is 11.0 Å². The van der Waals surface area contributed by atoms with Crippen LogP contribution in [0.1, 0.15) is 47.7 Å². The van der Waals surface area contributed by atoms with Gasteiger partial charge < -0.3 is 15.4 Å². The molecular formula is C30H29Cl2F3N4O2. The van der Waals surface area contributed by atoms with Crippen molar-refractivity contribution in [2.45, 2.75) is 31.6 Å². The van der Waals surface area contributed by atoms with Gasteiger partial charge in [-0.1, -0.05) is 47.5 Å². The minimum Gasteiger partial charge on any atom is -0.493 e. The first kappa shape index (κ1) is 29.2. The van der Waals surface area contributed by atoms with Crippen molar-refractivity contribution in [3.63, 3.8) is 0 Å². The summed E-state index contributed by atoms with van der Waals surface area (Å²) in [4.78, 5) is 20.5. The van der Waals surface area contributed by atoms with Crippen molar-refractivity contribution >= 4 is 35.1 Å². The third-order valence-corrected chi connectivity index (χ3v) is 7.77. The Morgan fingerprint density at radius 1 is 1.05 bits per heavy atom. The molecule has 6 nitrogen and oxygen atoms in total. The molecule has 2 aliphatic heterocycles. The van der Waals surface area contributed by atoms with Gasteiger partial charge in [-0.2, -0.15) is 13.2 Å². The molecule has 1 fully saturated rings. The first-order valence-electron chi connectivity index (χ1n) is 13.4. The molecule has 3 atom stereocenters. The highest BCUT2D eigenvalue weighted by Gasteiger charge is 2.44. The average Bonchev–Trinajstić information content (AvgIpc) is 3.61. The normalized spacial score (nSPS) is 20.7. The number of amidine groups is 1. The van der Waals surface area contributed by atoms with Crippen LogP contribution in [0.3, 0.4) is 0 Å². The topological polar surface area (TPSA) is 66.0 Å². The number of nitrogens with zero attached hydrogens (tertiary/aromatic N) is 2. The maximum atomic E-state index is 14.0. The number of carbonyl (C=O) groups is 1. The summed E-state index contributed by atoms with van der Waals surface area (Å²) in [5.41, 5.74) is 0.979. The van der Waals surface area contributed by atoms with Crippen molar-refractivity contribution in [1.29, 1.82) is 0 Å². The average molecular weight is 605 g/mol. The first-order chi connectivity index (χ1) is 19.7. The fraction of sp³-hybridized carbons (Fsp3) is 0.333. The van der Waals surface area contributed by atoms with Crippen molar-refractivity contribution in [3.05, 3.63) is 99.0 Å². The van der Waals surface area contributed by atoms with Crippen molar-refractivity contribution in [2.75, 3.05) is 26.2 Å². The van der Waals surface area contributed by atoms with E-state index in [1.807, 2.05) is 24.3 Å². The minimum atomic E-state index is -4.56. The number of carbonyl (C=O) groups excluding carboxylic acids is 1. The Kier molecular flexibility index (Phi) is 8.77. The summed E-state index contributed by atoms with van der Waals surface area (Å²) in [7, 11) is 0. The van der Waals surface area contributed by atoms with E-state index < -0.39 is 29.9 Å². The van der Waals surface area contributed by atoms with Crippen LogP contribution in [-0.4, -0.2) is 43.0 Å². The SMILES string of the molecule is CCOc1cc(C(F)(F)F)ccc1C1=NC(c2ccc(Cl)cc2)C(c2ccc(Cl)cc2)N1C(=O)NCC1CCNC1. The van der Waals surface area contributed by atoms with E-state index >= 15 is 0 Å². The van der Waals surface area contributed by atoms with Gasteiger partial charge in [0.2, 0.25) is 0 Å². The second-order valence-corrected chi connectivity index (χ2v) is 10.9. The van der Waals surface area contributed by atoms with Gasteiger partial charge in [-0.3, -0.25) is 9.89 Å². The van der Waals surface area contributed by atoms with Gasteiger partial charge >= 0.3 is 12.2 Å². The number of ether oxygens (including phenoxy) is 1. The Balaban J connectivity index is 1.64. The van der Waals surface area contributed by atoms with E-state index in [2.05, 4.69) is 10.6 Å². The number of rotatable bonds is 7.